The summed E-state index contributed by atoms with van der Waals surface area (Å²) in [6, 6.07) is 16.8. The van der Waals surface area contributed by atoms with Gasteiger partial charge in [-0.25, -0.2) is 4.79 Å². The van der Waals surface area contributed by atoms with Crippen molar-refractivity contribution in [3.05, 3.63) is 78.1 Å². The number of para-hydroxylation sites is 2. The van der Waals surface area contributed by atoms with Gasteiger partial charge < -0.3 is 15.0 Å². The lowest BCUT2D eigenvalue weighted by molar-refractivity contribution is -0.111. The highest BCUT2D eigenvalue weighted by molar-refractivity contribution is 6.08. The predicted molar refractivity (Wildman–Crippen MR) is 123 cm³/mol. The highest BCUT2D eigenvalue weighted by Gasteiger charge is 2.13. The van der Waals surface area contributed by atoms with E-state index >= 15 is 0 Å². The maximum atomic E-state index is 12.5. The molecule has 4 rings (SSSR count). The Kier molecular flexibility index (Phi) is 6.08. The summed E-state index contributed by atoms with van der Waals surface area (Å²) in [5.41, 5.74) is 3.40. The molecule has 0 spiro atoms. The number of rotatable bonds is 7. The first-order valence-electron chi connectivity index (χ1n) is 10.3. The second-order valence-corrected chi connectivity index (χ2v) is 7.18. The van der Waals surface area contributed by atoms with Crippen LogP contribution in [0.5, 0.6) is 0 Å². The van der Waals surface area contributed by atoms with Gasteiger partial charge in [0.2, 0.25) is 5.91 Å². The fourth-order valence-electron chi connectivity index (χ4n) is 3.35. The number of fused-ring (bicyclic) bond motifs is 3. The number of nitrogens with one attached hydrogen (secondary N) is 2. The Balaban J connectivity index is 1.49. The lowest BCUT2D eigenvalue weighted by Crippen LogP contribution is -2.14. The number of hydrogen-bond donors (Lipinski definition) is 2. The van der Waals surface area contributed by atoms with Gasteiger partial charge >= 0.3 is 5.97 Å². The summed E-state index contributed by atoms with van der Waals surface area (Å²) >= 11 is 0. The molecular formula is C25H23N3O3. The van der Waals surface area contributed by atoms with Crippen molar-refractivity contribution >= 4 is 45.4 Å². The fourth-order valence-corrected chi connectivity index (χ4v) is 3.35. The number of aromatic amines is 1. The van der Waals surface area contributed by atoms with Crippen molar-refractivity contribution in [3.8, 4) is 0 Å². The van der Waals surface area contributed by atoms with Crippen LogP contribution in [0, 0.1) is 0 Å². The number of hydrogen-bond acceptors (Lipinski definition) is 4. The van der Waals surface area contributed by atoms with Crippen molar-refractivity contribution in [2.75, 3.05) is 11.9 Å². The van der Waals surface area contributed by atoms with Gasteiger partial charge in [0.05, 0.1) is 35.3 Å². The molecule has 0 fully saturated rings. The molecule has 0 atom stereocenters. The lowest BCUT2D eigenvalue weighted by atomic mass is 10.1. The zero-order valence-electron chi connectivity index (χ0n) is 17.2. The Hall–Kier alpha value is -3.93. The monoisotopic (exact) mass is 413 g/mol. The molecule has 0 aliphatic rings. The van der Waals surface area contributed by atoms with E-state index in [1.165, 1.54) is 6.08 Å². The van der Waals surface area contributed by atoms with Gasteiger partial charge in [-0.15, -0.1) is 0 Å². The molecule has 0 saturated heterocycles. The van der Waals surface area contributed by atoms with Crippen LogP contribution in [0.4, 0.5) is 5.69 Å². The maximum absolute atomic E-state index is 12.5. The average molecular weight is 413 g/mol. The molecule has 2 heterocycles. The van der Waals surface area contributed by atoms with E-state index in [0.29, 0.717) is 23.6 Å². The first-order valence-corrected chi connectivity index (χ1v) is 10.3. The number of H-pyrrole nitrogens is 1. The number of anilines is 1. The smallest absolute Gasteiger partial charge is 0.340 e. The Morgan fingerprint density at radius 3 is 2.74 bits per heavy atom. The molecule has 6 nitrogen and oxygen atoms in total. The number of aromatic nitrogens is 2. The molecule has 0 unspecified atom stereocenters. The molecule has 0 aliphatic heterocycles. The summed E-state index contributed by atoms with van der Waals surface area (Å²) in [6.07, 6.45) is 6.56. The zero-order valence-corrected chi connectivity index (χ0v) is 17.2. The zero-order chi connectivity index (χ0) is 21.6. The highest BCUT2D eigenvalue weighted by atomic mass is 16.5. The summed E-state index contributed by atoms with van der Waals surface area (Å²) in [6.45, 7) is 2.39. The lowest BCUT2D eigenvalue weighted by Gasteiger charge is -2.09. The van der Waals surface area contributed by atoms with Gasteiger partial charge in [0.25, 0.3) is 0 Å². The van der Waals surface area contributed by atoms with Crippen LogP contribution in [0.25, 0.3) is 27.9 Å². The molecule has 0 saturated carbocycles. The topological polar surface area (TPSA) is 84.1 Å². The molecule has 4 aromatic rings. The van der Waals surface area contributed by atoms with Gasteiger partial charge in [-0.05, 0) is 36.8 Å². The van der Waals surface area contributed by atoms with Crippen LogP contribution >= 0.6 is 0 Å². The number of pyridine rings is 1. The van der Waals surface area contributed by atoms with Gasteiger partial charge in [0.1, 0.15) is 0 Å². The van der Waals surface area contributed by atoms with Crippen LogP contribution in [0.1, 0.15) is 35.8 Å². The first-order chi connectivity index (χ1) is 15.2. The molecule has 1 amide bonds. The largest absolute Gasteiger partial charge is 0.462 e. The molecule has 0 radical (unpaired) electrons. The molecule has 6 heteroatoms. The minimum atomic E-state index is -0.445. The van der Waals surface area contributed by atoms with Gasteiger partial charge in [0.15, 0.2) is 0 Å². The summed E-state index contributed by atoms with van der Waals surface area (Å²) in [7, 11) is 0. The van der Waals surface area contributed by atoms with Crippen LogP contribution in [-0.4, -0.2) is 28.5 Å². The SMILES string of the molecule is CCCCOC(=O)c1ccccc1NC(=O)/C=C/c1cc2c(cn1)[nH]c1ccccc12. The van der Waals surface area contributed by atoms with E-state index in [-0.39, 0.29) is 5.91 Å². The van der Waals surface area contributed by atoms with Gasteiger partial charge in [-0.1, -0.05) is 43.7 Å². The first kappa shape index (κ1) is 20.3. The quantitative estimate of drug-likeness (QED) is 0.244. The van der Waals surface area contributed by atoms with E-state index in [0.717, 1.165) is 34.6 Å². The summed E-state index contributed by atoms with van der Waals surface area (Å²) in [5, 5.41) is 4.91. The third kappa shape index (κ3) is 4.64. The highest BCUT2D eigenvalue weighted by Crippen LogP contribution is 2.25. The van der Waals surface area contributed by atoms with Crippen LogP contribution in [0.15, 0.2) is 66.9 Å². The summed E-state index contributed by atoms with van der Waals surface area (Å²) < 4.78 is 5.27. The van der Waals surface area contributed by atoms with E-state index in [1.807, 2.05) is 37.3 Å². The van der Waals surface area contributed by atoms with E-state index < -0.39 is 5.97 Å². The van der Waals surface area contributed by atoms with Crippen molar-refractivity contribution in [2.24, 2.45) is 0 Å². The number of unbranched alkanes of at least 4 members (excludes halogenated alkanes) is 1. The summed E-state index contributed by atoms with van der Waals surface area (Å²) in [5.74, 6) is -0.797. The van der Waals surface area contributed by atoms with Crippen LogP contribution in [-0.2, 0) is 9.53 Å². The standard InChI is InChI=1S/C25H23N3O3/c1-2-3-14-31-25(30)19-9-5-7-11-22(19)28-24(29)13-12-17-15-20-18-8-4-6-10-21(18)27-23(20)16-26-17/h4-13,15-16,27H,2-3,14H2,1H3,(H,28,29)/b13-12+. The third-order valence-electron chi connectivity index (χ3n) is 4.95. The second kappa shape index (κ2) is 9.26. The number of ether oxygens (including phenoxy) is 1. The van der Waals surface area contributed by atoms with Crippen LogP contribution in [0.2, 0.25) is 0 Å². The third-order valence-corrected chi connectivity index (χ3v) is 4.95. The number of carbonyl (C=O) groups is 2. The number of benzene rings is 2. The molecule has 156 valence electrons. The number of nitrogens with zero attached hydrogens (tertiary/aromatic N) is 1. The van der Waals surface area contributed by atoms with Gasteiger partial charge in [-0.2, -0.15) is 0 Å². The Labute approximate surface area is 179 Å². The Morgan fingerprint density at radius 1 is 1.06 bits per heavy atom. The predicted octanol–water partition coefficient (Wildman–Crippen LogP) is 5.32. The van der Waals surface area contributed by atoms with E-state index in [1.54, 1.807) is 36.5 Å². The van der Waals surface area contributed by atoms with Gasteiger partial charge in [-0.3, -0.25) is 9.78 Å². The van der Waals surface area contributed by atoms with Crippen LogP contribution < -0.4 is 5.32 Å². The molecule has 2 N–H and O–H groups in total. The van der Waals surface area contributed by atoms with Crippen molar-refractivity contribution in [3.63, 3.8) is 0 Å². The normalized spacial score (nSPS) is 11.3. The van der Waals surface area contributed by atoms with Crippen molar-refractivity contribution in [2.45, 2.75) is 19.8 Å². The van der Waals surface area contributed by atoms with Crippen LogP contribution in [0.3, 0.4) is 0 Å². The number of esters is 1. The second-order valence-electron chi connectivity index (χ2n) is 7.18. The molecule has 0 bridgehead atoms. The van der Waals surface area contributed by atoms with Crippen molar-refractivity contribution in [1.29, 1.82) is 0 Å². The minimum Gasteiger partial charge on any atom is -0.462 e. The molecule has 0 aliphatic carbocycles. The van der Waals surface area contributed by atoms with E-state index in [9.17, 15) is 9.59 Å². The van der Waals surface area contributed by atoms with E-state index in [4.69, 9.17) is 4.74 Å². The molecule has 31 heavy (non-hydrogen) atoms. The summed E-state index contributed by atoms with van der Waals surface area (Å²) in [4.78, 5) is 32.5. The Bertz CT molecular complexity index is 1270. The van der Waals surface area contributed by atoms with Crippen molar-refractivity contribution in [1.82, 2.24) is 9.97 Å². The van der Waals surface area contributed by atoms with Gasteiger partial charge in [0, 0.05) is 22.4 Å². The number of carbonyl (C=O) groups excluding carboxylic acids is 2. The number of amides is 1. The molecule has 2 aromatic heterocycles. The minimum absolute atomic E-state index is 0.332. The maximum Gasteiger partial charge on any atom is 0.340 e. The Morgan fingerprint density at radius 2 is 1.87 bits per heavy atom. The molecular weight excluding hydrogens is 390 g/mol. The van der Waals surface area contributed by atoms with E-state index in [2.05, 4.69) is 15.3 Å². The molecule has 2 aromatic carbocycles. The average Bonchev–Trinajstić information content (AvgIpc) is 3.16. The fraction of sp³-hybridized carbons (Fsp3) is 0.160. The van der Waals surface area contributed by atoms with Crippen molar-refractivity contribution < 1.29 is 14.3 Å².